The van der Waals surface area contributed by atoms with Crippen LogP contribution in [0.15, 0.2) is 67.3 Å². The number of phenols is 1. The van der Waals surface area contributed by atoms with Crippen molar-refractivity contribution >= 4 is 5.97 Å². The van der Waals surface area contributed by atoms with Gasteiger partial charge < -0.3 is 10.2 Å². The van der Waals surface area contributed by atoms with Gasteiger partial charge in [-0.05, 0) is 23.3 Å². The van der Waals surface area contributed by atoms with Crippen LogP contribution in [0.3, 0.4) is 0 Å². The van der Waals surface area contributed by atoms with Crippen molar-refractivity contribution in [1.29, 1.82) is 0 Å². The minimum Gasteiger partial charge on any atom is -0.508 e. The van der Waals surface area contributed by atoms with Crippen LogP contribution in [0.2, 0.25) is 0 Å². The summed E-state index contributed by atoms with van der Waals surface area (Å²) in [6.45, 7) is 2.96. The van der Waals surface area contributed by atoms with Gasteiger partial charge >= 0.3 is 5.97 Å². The smallest absolute Gasteiger partial charge is 0.327 e. The second kappa shape index (κ2) is 8.53. The maximum atomic E-state index is 9.25. The molecule has 0 atom stereocenters. The van der Waals surface area contributed by atoms with Crippen molar-refractivity contribution in [3.8, 4) is 16.9 Å². The third-order valence-electron chi connectivity index (χ3n) is 2.15. The second-order valence-corrected chi connectivity index (χ2v) is 3.46. The van der Waals surface area contributed by atoms with Crippen molar-refractivity contribution in [3.63, 3.8) is 0 Å². The van der Waals surface area contributed by atoms with Gasteiger partial charge in [-0.3, -0.25) is 0 Å². The van der Waals surface area contributed by atoms with Crippen LogP contribution in [0.1, 0.15) is 7.43 Å². The molecule has 0 spiro atoms. The number of hydrogen-bond acceptors (Lipinski definition) is 2. The third kappa shape index (κ3) is 6.07. The van der Waals surface area contributed by atoms with Gasteiger partial charge in [0.2, 0.25) is 0 Å². The molecule has 0 radical (unpaired) electrons. The van der Waals surface area contributed by atoms with Crippen LogP contribution in [0, 0.1) is 0 Å². The van der Waals surface area contributed by atoms with Crippen LogP contribution < -0.4 is 0 Å². The Balaban J connectivity index is 0.000000471. The van der Waals surface area contributed by atoms with Gasteiger partial charge in [-0.1, -0.05) is 56.5 Å². The van der Waals surface area contributed by atoms with Crippen molar-refractivity contribution in [2.45, 2.75) is 7.43 Å². The Morgan fingerprint density at radius 1 is 0.947 bits per heavy atom. The van der Waals surface area contributed by atoms with Crippen LogP contribution in [0.4, 0.5) is 0 Å². The van der Waals surface area contributed by atoms with Crippen molar-refractivity contribution in [2.75, 3.05) is 0 Å². The molecule has 3 heteroatoms. The molecule has 0 saturated heterocycles. The highest BCUT2D eigenvalue weighted by Gasteiger charge is 1.94. The van der Waals surface area contributed by atoms with Crippen LogP contribution in [-0.2, 0) is 4.79 Å². The molecule has 100 valence electrons. The summed E-state index contributed by atoms with van der Waals surface area (Å²) in [6, 6.07) is 17.3. The van der Waals surface area contributed by atoms with E-state index in [1.54, 1.807) is 12.1 Å². The minimum absolute atomic E-state index is 0. The molecule has 2 aromatic rings. The Hall–Kier alpha value is -2.55. The number of phenolic OH excluding ortho intramolecular Hbond substituents is 1. The Morgan fingerprint density at radius 2 is 1.37 bits per heavy atom. The van der Waals surface area contributed by atoms with E-state index >= 15 is 0 Å². The third-order valence-corrected chi connectivity index (χ3v) is 2.15. The van der Waals surface area contributed by atoms with E-state index in [-0.39, 0.29) is 7.43 Å². The number of hydrogen-bond donors (Lipinski definition) is 2. The van der Waals surface area contributed by atoms with E-state index in [1.807, 2.05) is 42.5 Å². The molecule has 0 amide bonds. The van der Waals surface area contributed by atoms with Crippen molar-refractivity contribution in [3.05, 3.63) is 67.3 Å². The van der Waals surface area contributed by atoms with E-state index in [0.717, 1.165) is 11.6 Å². The Kier molecular flexibility index (Phi) is 7.38. The molecule has 0 unspecified atom stereocenters. The first-order valence-corrected chi connectivity index (χ1v) is 5.33. The summed E-state index contributed by atoms with van der Waals surface area (Å²) in [7, 11) is 0. The first-order chi connectivity index (χ1) is 8.63. The monoisotopic (exact) mass is 258 g/mol. The number of carboxylic acid groups (broad SMARTS) is 1. The summed E-state index contributed by atoms with van der Waals surface area (Å²) in [6.07, 6.45) is 0.833. The fourth-order valence-corrected chi connectivity index (χ4v) is 1.28. The zero-order chi connectivity index (χ0) is 13.4. The fraction of sp³-hybridized carbons (Fsp3) is 0.0625. The zero-order valence-corrected chi connectivity index (χ0v) is 9.78. The summed E-state index contributed by atoms with van der Waals surface area (Å²) in [5, 5.41) is 16.7. The average Bonchev–Trinajstić information content (AvgIpc) is 2.41. The predicted octanol–water partition coefficient (Wildman–Crippen LogP) is 3.95. The lowest BCUT2D eigenvalue weighted by Gasteiger charge is -2.00. The number of benzene rings is 2. The average molecular weight is 258 g/mol. The quantitative estimate of drug-likeness (QED) is 0.802. The molecular formula is C16H18O3. The largest absolute Gasteiger partial charge is 0.508 e. The molecule has 0 saturated carbocycles. The van der Waals surface area contributed by atoms with Crippen molar-refractivity contribution in [2.24, 2.45) is 0 Å². The van der Waals surface area contributed by atoms with Gasteiger partial charge in [-0.2, -0.15) is 0 Å². The molecule has 3 nitrogen and oxygen atoms in total. The maximum absolute atomic E-state index is 9.25. The van der Waals surface area contributed by atoms with Gasteiger partial charge in [-0.25, -0.2) is 4.79 Å². The number of rotatable bonds is 2. The Bertz CT molecular complexity index is 501. The first-order valence-electron chi connectivity index (χ1n) is 5.33. The lowest BCUT2D eigenvalue weighted by atomic mass is 10.1. The first kappa shape index (κ1) is 16.5. The van der Waals surface area contributed by atoms with Crippen LogP contribution in [0.5, 0.6) is 5.75 Å². The molecule has 0 fully saturated rings. The van der Waals surface area contributed by atoms with Gasteiger partial charge in [0, 0.05) is 6.08 Å². The molecule has 0 aromatic heterocycles. The lowest BCUT2D eigenvalue weighted by molar-refractivity contribution is -0.131. The molecule has 2 N–H and O–H groups in total. The summed E-state index contributed by atoms with van der Waals surface area (Å²) >= 11 is 0. The second-order valence-electron chi connectivity index (χ2n) is 3.46. The number of carbonyl (C=O) groups is 1. The van der Waals surface area contributed by atoms with Gasteiger partial charge in [0.15, 0.2) is 0 Å². The predicted molar refractivity (Wildman–Crippen MR) is 78.1 cm³/mol. The van der Waals surface area contributed by atoms with Gasteiger partial charge in [-0.15, -0.1) is 0 Å². The molecule has 2 rings (SSSR count). The van der Waals surface area contributed by atoms with Gasteiger partial charge in [0.25, 0.3) is 0 Å². The number of aliphatic carboxylic acids is 1. The summed E-state index contributed by atoms with van der Waals surface area (Å²) in [5.41, 5.74) is 2.29. The summed E-state index contributed by atoms with van der Waals surface area (Å²) in [4.78, 5) is 9.25. The maximum Gasteiger partial charge on any atom is 0.327 e. The fourth-order valence-electron chi connectivity index (χ4n) is 1.28. The SMILES string of the molecule is C.C=CC(=O)O.Oc1ccc(-c2ccccc2)cc1. The molecule has 0 aliphatic rings. The Morgan fingerprint density at radius 3 is 1.79 bits per heavy atom. The standard InChI is InChI=1S/C12H10O.C3H4O2.CH4/c13-12-8-6-11(7-9-12)10-4-2-1-3-5-10;1-2-3(4)5;/h1-9,13H;2H,1H2,(H,4,5);1H4. The lowest BCUT2D eigenvalue weighted by Crippen LogP contribution is -1.82. The molecule has 0 aliphatic carbocycles. The molecule has 0 bridgehead atoms. The van der Waals surface area contributed by atoms with Gasteiger partial charge in [0.05, 0.1) is 0 Å². The molecule has 19 heavy (non-hydrogen) atoms. The number of carboxylic acids is 1. The van der Waals surface area contributed by atoms with E-state index in [4.69, 9.17) is 10.2 Å². The van der Waals surface area contributed by atoms with Crippen LogP contribution >= 0.6 is 0 Å². The van der Waals surface area contributed by atoms with Crippen molar-refractivity contribution < 1.29 is 15.0 Å². The van der Waals surface area contributed by atoms with Crippen LogP contribution in [-0.4, -0.2) is 16.2 Å². The highest BCUT2D eigenvalue weighted by Crippen LogP contribution is 2.20. The molecule has 0 aliphatic heterocycles. The highest BCUT2D eigenvalue weighted by molar-refractivity contribution is 5.78. The van der Waals surface area contributed by atoms with Crippen molar-refractivity contribution in [1.82, 2.24) is 0 Å². The normalized spacial score (nSPS) is 8.42. The topological polar surface area (TPSA) is 57.5 Å². The zero-order valence-electron chi connectivity index (χ0n) is 9.78. The minimum atomic E-state index is -0.981. The van der Waals surface area contributed by atoms with E-state index in [2.05, 4.69) is 6.58 Å². The summed E-state index contributed by atoms with van der Waals surface area (Å²) in [5.74, 6) is -0.676. The Labute approximate surface area is 113 Å². The summed E-state index contributed by atoms with van der Waals surface area (Å²) < 4.78 is 0. The van der Waals surface area contributed by atoms with Crippen LogP contribution in [0.25, 0.3) is 11.1 Å². The highest BCUT2D eigenvalue weighted by atomic mass is 16.4. The van der Waals surface area contributed by atoms with Gasteiger partial charge in [0.1, 0.15) is 5.75 Å². The van der Waals surface area contributed by atoms with E-state index < -0.39 is 5.97 Å². The number of aromatic hydroxyl groups is 1. The molecule has 2 aromatic carbocycles. The van der Waals surface area contributed by atoms with E-state index in [9.17, 15) is 4.79 Å². The van der Waals surface area contributed by atoms with E-state index in [0.29, 0.717) is 5.75 Å². The van der Waals surface area contributed by atoms with E-state index in [1.165, 1.54) is 5.56 Å². The molecule has 0 heterocycles. The molecular weight excluding hydrogens is 240 g/mol.